The monoisotopic (exact) mass is 1420 g/mol. The Balaban J connectivity index is 5.23. The summed E-state index contributed by atoms with van der Waals surface area (Å²) in [4.78, 5) is 72.9. The number of aliphatic hydroxyl groups excluding tert-OH is 1. The number of phosphoric acid groups is 2. The van der Waals surface area contributed by atoms with E-state index in [1.54, 1.807) is 0 Å². The number of ether oxygens (including phenoxy) is 4. The van der Waals surface area contributed by atoms with Crippen molar-refractivity contribution in [3.05, 3.63) is 0 Å². The van der Waals surface area contributed by atoms with E-state index in [9.17, 15) is 43.2 Å². The minimum Gasteiger partial charge on any atom is -0.462 e. The number of carbonyl (C=O) groups excluding carboxylic acids is 4. The fourth-order valence-corrected chi connectivity index (χ4v) is 13.5. The molecule has 0 radical (unpaired) electrons. The third-order valence-corrected chi connectivity index (χ3v) is 20.0. The summed E-state index contributed by atoms with van der Waals surface area (Å²) in [7, 11) is -9.92. The van der Waals surface area contributed by atoms with Gasteiger partial charge in [-0.25, -0.2) is 9.13 Å². The van der Waals surface area contributed by atoms with Gasteiger partial charge in [-0.15, -0.1) is 0 Å². The van der Waals surface area contributed by atoms with E-state index in [1.807, 2.05) is 0 Å². The van der Waals surface area contributed by atoms with E-state index in [1.165, 1.54) is 193 Å². The first kappa shape index (κ1) is 95.1. The maximum absolute atomic E-state index is 13.1. The second-order valence-electron chi connectivity index (χ2n) is 30.0. The van der Waals surface area contributed by atoms with Gasteiger partial charge >= 0.3 is 39.5 Å². The van der Waals surface area contributed by atoms with Gasteiger partial charge in [0, 0.05) is 25.7 Å². The van der Waals surface area contributed by atoms with Crippen molar-refractivity contribution in [2.24, 2.45) is 23.7 Å². The van der Waals surface area contributed by atoms with Gasteiger partial charge in [0.25, 0.3) is 0 Å². The fourth-order valence-electron chi connectivity index (χ4n) is 11.9. The molecule has 0 saturated heterocycles. The summed E-state index contributed by atoms with van der Waals surface area (Å²) in [5, 5.41) is 10.6. The van der Waals surface area contributed by atoms with Crippen LogP contribution in [0.15, 0.2) is 0 Å². The van der Waals surface area contributed by atoms with Crippen LogP contribution in [0, 0.1) is 23.7 Å². The Morgan fingerprint density at radius 3 is 0.639 bits per heavy atom. The van der Waals surface area contributed by atoms with Gasteiger partial charge < -0.3 is 33.8 Å². The van der Waals surface area contributed by atoms with Gasteiger partial charge in [0.15, 0.2) is 12.2 Å². The zero-order valence-electron chi connectivity index (χ0n) is 63.7. The van der Waals surface area contributed by atoms with Crippen LogP contribution in [0.4, 0.5) is 0 Å². The molecule has 0 aromatic carbocycles. The molecule has 0 aliphatic rings. The van der Waals surface area contributed by atoms with E-state index in [2.05, 4.69) is 55.4 Å². The van der Waals surface area contributed by atoms with Crippen molar-refractivity contribution in [3.8, 4) is 0 Å². The van der Waals surface area contributed by atoms with Crippen LogP contribution < -0.4 is 0 Å². The average Bonchev–Trinajstić information content (AvgIpc) is 1.47. The summed E-state index contributed by atoms with van der Waals surface area (Å²) >= 11 is 0. The van der Waals surface area contributed by atoms with Crippen molar-refractivity contribution >= 4 is 39.5 Å². The second-order valence-corrected chi connectivity index (χ2v) is 32.9. The number of hydrogen-bond donors (Lipinski definition) is 3. The third kappa shape index (κ3) is 72.2. The van der Waals surface area contributed by atoms with E-state index in [-0.39, 0.29) is 25.7 Å². The summed E-state index contributed by atoms with van der Waals surface area (Å²) in [5.74, 6) is 0.933. The summed E-state index contributed by atoms with van der Waals surface area (Å²) in [6.45, 7) is 14.2. The molecule has 19 heteroatoms. The standard InChI is InChI=1S/C78H152O17P2/c1-68(2)54-46-38-30-23-17-13-9-11-15-19-26-34-42-50-58-75(80)88-64-73(94-78(83)61-53-45-36-28-22-21-25-32-40-48-56-70(5)6)66-92-96(84,85)90-62-72(79)63-91-97(86,87)93-67-74(65-89-76(81)59-51-43-37-29-33-41-49-57-71(7)8)95-77(82)60-52-44-35-27-20-16-12-10-14-18-24-31-39-47-55-69(3)4/h68-74,79H,9-67H2,1-8H3,(H,84,85)(H,86,87)/t72?,73-,74-/m1/s1. The molecule has 17 nitrogen and oxygen atoms in total. The van der Waals surface area contributed by atoms with Crippen LogP contribution in [0.3, 0.4) is 0 Å². The molecular weight excluding hydrogens is 1270 g/mol. The van der Waals surface area contributed by atoms with Crippen molar-refractivity contribution in [2.75, 3.05) is 39.6 Å². The molecule has 0 aliphatic carbocycles. The Hall–Kier alpha value is -1.94. The Morgan fingerprint density at radius 2 is 0.433 bits per heavy atom. The first-order chi connectivity index (χ1) is 46.6. The molecule has 0 amide bonds. The topological polar surface area (TPSA) is 237 Å². The maximum atomic E-state index is 13.1. The Labute approximate surface area is 594 Å². The highest BCUT2D eigenvalue weighted by Gasteiger charge is 2.30. The van der Waals surface area contributed by atoms with Crippen LogP contribution in [0.1, 0.15) is 396 Å². The smallest absolute Gasteiger partial charge is 0.462 e. The molecule has 0 saturated carbocycles. The van der Waals surface area contributed by atoms with Crippen LogP contribution in [0.2, 0.25) is 0 Å². The van der Waals surface area contributed by atoms with E-state index < -0.39 is 97.5 Å². The molecule has 0 bridgehead atoms. The van der Waals surface area contributed by atoms with Gasteiger partial charge in [-0.05, 0) is 49.4 Å². The quantitative estimate of drug-likeness (QED) is 0.0222. The Bertz CT molecular complexity index is 1900. The van der Waals surface area contributed by atoms with E-state index in [0.717, 1.165) is 114 Å². The lowest BCUT2D eigenvalue weighted by Gasteiger charge is -2.21. The van der Waals surface area contributed by atoms with Gasteiger partial charge in [0.2, 0.25) is 0 Å². The van der Waals surface area contributed by atoms with Gasteiger partial charge in [0.1, 0.15) is 19.3 Å². The van der Waals surface area contributed by atoms with Gasteiger partial charge in [-0.1, -0.05) is 344 Å². The summed E-state index contributed by atoms with van der Waals surface area (Å²) < 4.78 is 68.6. The molecule has 0 fully saturated rings. The van der Waals surface area contributed by atoms with Crippen molar-refractivity contribution < 1.29 is 80.2 Å². The fraction of sp³-hybridized carbons (Fsp3) is 0.949. The van der Waals surface area contributed by atoms with Crippen LogP contribution in [-0.2, 0) is 65.4 Å². The largest absolute Gasteiger partial charge is 0.472 e. The zero-order chi connectivity index (χ0) is 71.7. The van der Waals surface area contributed by atoms with Crippen LogP contribution in [-0.4, -0.2) is 96.7 Å². The van der Waals surface area contributed by atoms with Gasteiger partial charge in [-0.3, -0.25) is 37.3 Å². The van der Waals surface area contributed by atoms with E-state index in [4.69, 9.17) is 37.0 Å². The Morgan fingerprint density at radius 1 is 0.258 bits per heavy atom. The highest BCUT2D eigenvalue weighted by atomic mass is 31.2. The molecule has 97 heavy (non-hydrogen) atoms. The molecule has 0 aromatic heterocycles. The molecule has 3 N–H and O–H groups in total. The number of hydrogen-bond acceptors (Lipinski definition) is 15. The van der Waals surface area contributed by atoms with E-state index in [0.29, 0.717) is 31.6 Å². The van der Waals surface area contributed by atoms with Crippen molar-refractivity contribution in [1.29, 1.82) is 0 Å². The van der Waals surface area contributed by atoms with Crippen LogP contribution >= 0.6 is 15.6 Å². The SMILES string of the molecule is CC(C)CCCCCCCCCCCCCCCCC(=O)OC[C@H](COP(=O)(O)OCC(O)COP(=O)(O)OC[C@@H](COC(=O)CCCCCCCCCC(C)C)OC(=O)CCCCCCCCCCCCCCCCC(C)C)OC(=O)CCCCCCCCCCCCC(C)C. The second kappa shape index (κ2) is 67.2. The molecule has 0 aliphatic heterocycles. The lowest BCUT2D eigenvalue weighted by atomic mass is 10.0. The van der Waals surface area contributed by atoms with Crippen LogP contribution in [0.25, 0.3) is 0 Å². The summed E-state index contributed by atoms with van der Waals surface area (Å²) in [6.07, 6.45) is 52.8. The third-order valence-electron chi connectivity index (χ3n) is 18.1. The molecule has 0 heterocycles. The number of aliphatic hydroxyl groups is 1. The average molecular weight is 1420 g/mol. The molecular formula is C78H152O17P2. The lowest BCUT2D eigenvalue weighted by Crippen LogP contribution is -2.30. The normalized spacial score (nSPS) is 14.1. The molecule has 0 spiro atoms. The molecule has 0 rings (SSSR count). The van der Waals surface area contributed by atoms with Crippen molar-refractivity contribution in [2.45, 2.75) is 414 Å². The minimum atomic E-state index is -4.96. The predicted octanol–water partition coefficient (Wildman–Crippen LogP) is 22.8. The predicted molar refractivity (Wildman–Crippen MR) is 395 cm³/mol. The Kier molecular flexibility index (Phi) is 65.9. The molecule has 5 atom stereocenters. The van der Waals surface area contributed by atoms with E-state index >= 15 is 0 Å². The van der Waals surface area contributed by atoms with Gasteiger partial charge in [0.05, 0.1) is 26.4 Å². The van der Waals surface area contributed by atoms with Crippen LogP contribution in [0.5, 0.6) is 0 Å². The zero-order valence-corrected chi connectivity index (χ0v) is 65.5. The first-order valence-electron chi connectivity index (χ1n) is 40.2. The maximum Gasteiger partial charge on any atom is 0.472 e. The number of rotatable bonds is 75. The number of unbranched alkanes of at least 4 members (excludes halogenated alkanes) is 41. The summed E-state index contributed by atoms with van der Waals surface area (Å²) in [6, 6.07) is 0. The van der Waals surface area contributed by atoms with Crippen molar-refractivity contribution in [3.63, 3.8) is 0 Å². The number of phosphoric ester groups is 2. The summed E-state index contributed by atoms with van der Waals surface area (Å²) in [5.41, 5.74) is 0. The van der Waals surface area contributed by atoms with Crippen molar-refractivity contribution in [1.82, 2.24) is 0 Å². The number of esters is 4. The highest BCUT2D eigenvalue weighted by molar-refractivity contribution is 7.47. The number of carbonyl (C=O) groups is 4. The molecule has 3 unspecified atom stereocenters. The van der Waals surface area contributed by atoms with Gasteiger partial charge in [-0.2, -0.15) is 0 Å². The first-order valence-corrected chi connectivity index (χ1v) is 43.2. The minimum absolute atomic E-state index is 0.106. The molecule has 576 valence electrons. The molecule has 0 aromatic rings. The lowest BCUT2D eigenvalue weighted by molar-refractivity contribution is -0.161. The highest BCUT2D eigenvalue weighted by Crippen LogP contribution is 2.45.